The van der Waals surface area contributed by atoms with Crippen LogP contribution in [0.25, 0.3) is 10.9 Å². The Hall–Kier alpha value is -2.25. The van der Waals surface area contributed by atoms with Crippen LogP contribution in [0.1, 0.15) is 6.92 Å². The van der Waals surface area contributed by atoms with E-state index in [4.69, 9.17) is 0 Å². The predicted molar refractivity (Wildman–Crippen MR) is 112 cm³/mol. The first-order valence-electron chi connectivity index (χ1n) is 9.26. The SMILES string of the molecule is CCN1CC2(C1)CN(c1ccc(Nc3ncc4cccc(Br)c4n3)nc1)C2. The third kappa shape index (κ3) is 3.04. The van der Waals surface area contributed by atoms with E-state index in [0.717, 1.165) is 40.8 Å². The number of hydrogen-bond acceptors (Lipinski definition) is 6. The second kappa shape index (κ2) is 6.42. The summed E-state index contributed by atoms with van der Waals surface area (Å²) in [5, 5.41) is 4.20. The van der Waals surface area contributed by atoms with Crippen LogP contribution in [0.5, 0.6) is 0 Å². The smallest absolute Gasteiger partial charge is 0.228 e. The first-order chi connectivity index (χ1) is 13.1. The minimum atomic E-state index is 0.527. The summed E-state index contributed by atoms with van der Waals surface area (Å²) >= 11 is 3.54. The zero-order chi connectivity index (χ0) is 18.4. The Labute approximate surface area is 166 Å². The molecule has 27 heavy (non-hydrogen) atoms. The normalized spacial score (nSPS) is 18.4. The van der Waals surface area contributed by atoms with E-state index in [1.54, 1.807) is 0 Å². The second-order valence-electron chi connectivity index (χ2n) is 7.56. The van der Waals surface area contributed by atoms with Crippen molar-refractivity contribution in [1.82, 2.24) is 19.9 Å². The molecule has 6 nitrogen and oxygen atoms in total. The van der Waals surface area contributed by atoms with Gasteiger partial charge in [0.05, 0.1) is 17.4 Å². The van der Waals surface area contributed by atoms with E-state index >= 15 is 0 Å². The van der Waals surface area contributed by atoms with Crippen LogP contribution in [0.3, 0.4) is 0 Å². The van der Waals surface area contributed by atoms with Crippen LogP contribution in [0.4, 0.5) is 17.5 Å². The molecule has 1 spiro atoms. The van der Waals surface area contributed by atoms with Crippen LogP contribution in [0, 0.1) is 5.41 Å². The largest absolute Gasteiger partial charge is 0.369 e. The molecule has 2 aromatic heterocycles. The molecule has 3 aromatic rings. The van der Waals surface area contributed by atoms with Crippen LogP contribution in [-0.2, 0) is 0 Å². The van der Waals surface area contributed by atoms with Gasteiger partial charge in [0, 0.05) is 47.6 Å². The lowest BCUT2D eigenvalue weighted by Crippen LogP contribution is -2.72. The van der Waals surface area contributed by atoms with Gasteiger partial charge in [0.15, 0.2) is 0 Å². The fourth-order valence-electron chi connectivity index (χ4n) is 4.11. The molecule has 0 amide bonds. The number of rotatable bonds is 4. The number of hydrogen-bond donors (Lipinski definition) is 1. The summed E-state index contributed by atoms with van der Waals surface area (Å²) in [6.07, 6.45) is 3.75. The summed E-state index contributed by atoms with van der Waals surface area (Å²) in [6, 6.07) is 10.1. The average molecular weight is 425 g/mol. The van der Waals surface area contributed by atoms with Gasteiger partial charge in [-0.05, 0) is 40.7 Å². The van der Waals surface area contributed by atoms with Gasteiger partial charge in [0.25, 0.3) is 0 Å². The van der Waals surface area contributed by atoms with Crippen molar-refractivity contribution < 1.29 is 0 Å². The van der Waals surface area contributed by atoms with Crippen molar-refractivity contribution in [3.8, 4) is 0 Å². The van der Waals surface area contributed by atoms with Crippen LogP contribution < -0.4 is 10.2 Å². The molecule has 138 valence electrons. The van der Waals surface area contributed by atoms with Gasteiger partial charge < -0.3 is 15.1 Å². The maximum Gasteiger partial charge on any atom is 0.228 e. The fourth-order valence-corrected chi connectivity index (χ4v) is 4.58. The van der Waals surface area contributed by atoms with Crippen LogP contribution in [0.2, 0.25) is 0 Å². The van der Waals surface area contributed by atoms with Crippen molar-refractivity contribution >= 4 is 44.3 Å². The molecule has 0 saturated carbocycles. The van der Waals surface area contributed by atoms with Crippen molar-refractivity contribution in [2.75, 3.05) is 42.9 Å². The Morgan fingerprint density at radius 3 is 2.67 bits per heavy atom. The maximum absolute atomic E-state index is 4.58. The summed E-state index contributed by atoms with van der Waals surface area (Å²) in [4.78, 5) is 18.4. The molecular formula is C20H21BrN6. The number of fused-ring (bicyclic) bond motifs is 1. The lowest BCUT2D eigenvalue weighted by Gasteiger charge is -2.61. The number of anilines is 3. The second-order valence-corrected chi connectivity index (χ2v) is 8.41. The van der Waals surface area contributed by atoms with Gasteiger partial charge in [-0.2, -0.15) is 0 Å². The molecule has 0 atom stereocenters. The van der Waals surface area contributed by atoms with Crippen molar-refractivity contribution in [1.29, 1.82) is 0 Å². The highest BCUT2D eigenvalue weighted by atomic mass is 79.9. The molecule has 2 saturated heterocycles. The number of likely N-dealkylation sites (tertiary alicyclic amines) is 1. The molecule has 0 radical (unpaired) electrons. The number of para-hydroxylation sites is 1. The molecule has 4 heterocycles. The number of nitrogens with one attached hydrogen (secondary N) is 1. The van der Waals surface area contributed by atoms with Gasteiger partial charge in [-0.3, -0.25) is 0 Å². The van der Waals surface area contributed by atoms with Gasteiger partial charge in [0.2, 0.25) is 5.95 Å². The standard InChI is InChI=1S/C20H21BrN6/c1-2-26-10-20(11-26)12-27(13-20)15-6-7-17(22-9-15)24-19-23-8-14-4-3-5-16(21)18(14)25-19/h3-9H,2,10-13H2,1H3,(H,22,23,24,25). The van der Waals surface area contributed by atoms with E-state index in [-0.39, 0.29) is 0 Å². The summed E-state index contributed by atoms with van der Waals surface area (Å²) < 4.78 is 0.957. The zero-order valence-corrected chi connectivity index (χ0v) is 16.8. The quantitative estimate of drug-likeness (QED) is 0.689. The summed E-state index contributed by atoms with van der Waals surface area (Å²) in [5.41, 5.74) is 2.60. The molecule has 0 aliphatic carbocycles. The number of benzene rings is 1. The Balaban J connectivity index is 1.26. The topological polar surface area (TPSA) is 57.2 Å². The Bertz CT molecular complexity index is 975. The summed E-state index contributed by atoms with van der Waals surface area (Å²) in [7, 11) is 0. The van der Waals surface area contributed by atoms with Crippen molar-refractivity contribution in [2.45, 2.75) is 6.92 Å². The maximum atomic E-state index is 4.58. The molecule has 0 unspecified atom stereocenters. The summed E-state index contributed by atoms with van der Waals surface area (Å²) in [5.74, 6) is 1.30. The molecule has 1 N–H and O–H groups in total. The predicted octanol–water partition coefficient (Wildman–Crippen LogP) is 3.67. The average Bonchev–Trinajstić information content (AvgIpc) is 2.62. The number of pyridine rings is 1. The first kappa shape index (κ1) is 16.9. The Morgan fingerprint density at radius 2 is 1.93 bits per heavy atom. The van der Waals surface area contributed by atoms with E-state index < -0.39 is 0 Å². The number of aromatic nitrogens is 3. The molecule has 0 bridgehead atoms. The van der Waals surface area contributed by atoms with Crippen molar-refractivity contribution in [3.05, 3.63) is 47.2 Å². The monoisotopic (exact) mass is 424 g/mol. The van der Waals surface area contributed by atoms with E-state index in [1.165, 1.54) is 18.8 Å². The van der Waals surface area contributed by atoms with Gasteiger partial charge in [-0.25, -0.2) is 15.0 Å². The van der Waals surface area contributed by atoms with Crippen LogP contribution in [-0.4, -0.2) is 52.6 Å². The Morgan fingerprint density at radius 1 is 1.07 bits per heavy atom. The molecule has 2 aliphatic rings. The summed E-state index contributed by atoms with van der Waals surface area (Å²) in [6.45, 7) is 8.15. The van der Waals surface area contributed by atoms with E-state index in [1.807, 2.05) is 36.7 Å². The minimum Gasteiger partial charge on any atom is -0.369 e. The molecule has 2 aliphatic heterocycles. The van der Waals surface area contributed by atoms with Gasteiger partial charge in [-0.15, -0.1) is 0 Å². The van der Waals surface area contributed by atoms with E-state index in [2.05, 4.69) is 59.0 Å². The highest BCUT2D eigenvalue weighted by Crippen LogP contribution is 2.41. The number of halogens is 1. The minimum absolute atomic E-state index is 0.527. The van der Waals surface area contributed by atoms with Gasteiger partial charge >= 0.3 is 0 Å². The number of nitrogens with zero attached hydrogens (tertiary/aromatic N) is 5. The van der Waals surface area contributed by atoms with E-state index in [9.17, 15) is 0 Å². The van der Waals surface area contributed by atoms with Gasteiger partial charge in [-0.1, -0.05) is 19.1 Å². The van der Waals surface area contributed by atoms with Crippen molar-refractivity contribution in [3.63, 3.8) is 0 Å². The lowest BCUT2D eigenvalue weighted by atomic mass is 9.72. The molecule has 1 aromatic carbocycles. The first-order valence-corrected chi connectivity index (χ1v) is 10.1. The van der Waals surface area contributed by atoms with Crippen molar-refractivity contribution in [2.24, 2.45) is 5.41 Å². The zero-order valence-electron chi connectivity index (χ0n) is 15.2. The molecule has 5 rings (SSSR count). The van der Waals surface area contributed by atoms with E-state index in [0.29, 0.717) is 11.4 Å². The highest BCUT2D eigenvalue weighted by Gasteiger charge is 2.51. The van der Waals surface area contributed by atoms with Crippen LogP contribution >= 0.6 is 15.9 Å². The Kier molecular flexibility index (Phi) is 4.02. The molecule has 2 fully saturated rings. The molecular weight excluding hydrogens is 404 g/mol. The van der Waals surface area contributed by atoms with Crippen LogP contribution in [0.15, 0.2) is 47.2 Å². The molecule has 7 heteroatoms. The lowest BCUT2D eigenvalue weighted by molar-refractivity contribution is -0.0178. The van der Waals surface area contributed by atoms with Gasteiger partial charge in [0.1, 0.15) is 5.82 Å². The third-order valence-electron chi connectivity index (χ3n) is 5.53. The third-order valence-corrected chi connectivity index (χ3v) is 6.17. The fraction of sp³-hybridized carbons (Fsp3) is 0.350. The highest BCUT2D eigenvalue weighted by molar-refractivity contribution is 9.10.